The van der Waals surface area contributed by atoms with Crippen molar-refractivity contribution in [3.8, 4) is 0 Å². The largest absolute Gasteiger partial charge is 0.462 e. The molecule has 1 unspecified atom stereocenters. The number of Topliss-reactive ketones (excluding diaryl/α,β-unsaturated/α-hetero) is 1. The van der Waals surface area contributed by atoms with Gasteiger partial charge in [0.05, 0.1) is 6.61 Å². The summed E-state index contributed by atoms with van der Waals surface area (Å²) in [6, 6.07) is 11.2. The van der Waals surface area contributed by atoms with Crippen LogP contribution in [0.3, 0.4) is 0 Å². The number of ether oxygens (including phenoxy) is 3. The molecule has 148 valence electrons. The molecule has 0 bridgehead atoms. The summed E-state index contributed by atoms with van der Waals surface area (Å²) in [6.07, 6.45) is 1.16. The van der Waals surface area contributed by atoms with Crippen LogP contribution in [0.2, 0.25) is 0 Å². The molecule has 2 N–H and O–H groups in total. The van der Waals surface area contributed by atoms with Crippen molar-refractivity contribution >= 4 is 39.3 Å². The molecule has 1 aliphatic heterocycles. The number of anilines is 1. The van der Waals surface area contributed by atoms with Crippen LogP contribution < -0.4 is 5.73 Å². The number of benzene rings is 1. The molecule has 8 nitrogen and oxygen atoms in total. The van der Waals surface area contributed by atoms with Crippen LogP contribution in [0.1, 0.15) is 32.6 Å². The number of carbonyl (C=O) groups excluding carboxylic acids is 2. The minimum Gasteiger partial charge on any atom is -0.462 e. The van der Waals surface area contributed by atoms with Crippen molar-refractivity contribution in [1.82, 2.24) is 9.97 Å². The lowest BCUT2D eigenvalue weighted by atomic mass is 10.1. The molecular weight excluding hydrogens is 394 g/mol. The Labute approximate surface area is 169 Å². The van der Waals surface area contributed by atoms with Crippen molar-refractivity contribution in [1.29, 1.82) is 0 Å². The number of ketones is 1. The summed E-state index contributed by atoms with van der Waals surface area (Å²) in [5, 5.41) is 0.410. The predicted octanol–water partition coefficient (Wildman–Crippen LogP) is 3.09. The first-order valence-corrected chi connectivity index (χ1v) is 9.72. The van der Waals surface area contributed by atoms with E-state index in [4.69, 9.17) is 19.9 Å². The smallest absolute Gasteiger partial charge is 0.348 e. The van der Waals surface area contributed by atoms with Gasteiger partial charge in [-0.05, 0) is 18.6 Å². The third-order valence-corrected chi connectivity index (χ3v) is 5.16. The molecule has 0 saturated heterocycles. The third-order valence-electron chi connectivity index (χ3n) is 4.16. The van der Waals surface area contributed by atoms with E-state index in [9.17, 15) is 9.59 Å². The molecule has 3 heterocycles. The van der Waals surface area contributed by atoms with E-state index in [1.807, 2.05) is 30.3 Å². The van der Waals surface area contributed by atoms with E-state index in [1.165, 1.54) is 12.3 Å². The highest BCUT2D eigenvalue weighted by atomic mass is 32.1. The number of nitrogens with two attached hydrogens (primary N) is 1. The average Bonchev–Trinajstić information content (AvgIpc) is 3.35. The fourth-order valence-electron chi connectivity index (χ4n) is 2.87. The number of hydrogen-bond donors (Lipinski definition) is 1. The molecule has 1 aromatic carbocycles. The Bertz CT molecular complexity index is 1110. The van der Waals surface area contributed by atoms with Crippen molar-refractivity contribution in [2.45, 2.75) is 19.6 Å². The number of allylic oxidation sites excluding steroid dienone is 1. The van der Waals surface area contributed by atoms with E-state index in [2.05, 4.69) is 9.97 Å². The van der Waals surface area contributed by atoms with Gasteiger partial charge in [0.2, 0.25) is 23.8 Å². The standard InChI is InChI=1S/C20H17N3O5S/c1-2-26-19(25)14-9-12-16(22-20(21)23-18(12)29-14)17(24)13-10-27-15(28-13)8-11-6-4-3-5-7-11/h3-7,9-10,15H,2,8H2,1H3,(H2,21,22,23). The number of fused-ring (bicyclic) bond motifs is 1. The van der Waals surface area contributed by atoms with Crippen LogP contribution in [0.5, 0.6) is 0 Å². The van der Waals surface area contributed by atoms with Crippen LogP contribution in [-0.4, -0.2) is 34.6 Å². The van der Waals surface area contributed by atoms with Crippen LogP contribution in [0, 0.1) is 0 Å². The average molecular weight is 411 g/mol. The number of nitrogens with zero attached hydrogens (tertiary/aromatic N) is 2. The highest BCUT2D eigenvalue weighted by Gasteiger charge is 2.29. The van der Waals surface area contributed by atoms with Gasteiger partial charge in [-0.2, -0.15) is 0 Å². The van der Waals surface area contributed by atoms with Crippen LogP contribution in [-0.2, 0) is 20.6 Å². The molecule has 0 amide bonds. The third kappa shape index (κ3) is 3.90. The monoisotopic (exact) mass is 411 g/mol. The Morgan fingerprint density at radius 1 is 1.24 bits per heavy atom. The van der Waals surface area contributed by atoms with Crippen LogP contribution in [0.25, 0.3) is 10.2 Å². The van der Waals surface area contributed by atoms with Gasteiger partial charge in [0.1, 0.15) is 21.7 Å². The zero-order chi connectivity index (χ0) is 20.4. The topological polar surface area (TPSA) is 114 Å². The van der Waals surface area contributed by atoms with Gasteiger partial charge < -0.3 is 19.9 Å². The number of carbonyl (C=O) groups is 2. The zero-order valence-electron chi connectivity index (χ0n) is 15.5. The second kappa shape index (κ2) is 7.88. The summed E-state index contributed by atoms with van der Waals surface area (Å²) in [5.74, 6) is -1.03. The maximum Gasteiger partial charge on any atom is 0.348 e. The molecule has 0 saturated carbocycles. The second-order valence-electron chi connectivity index (χ2n) is 6.16. The summed E-state index contributed by atoms with van der Waals surface area (Å²) in [5.41, 5.74) is 6.83. The van der Waals surface area contributed by atoms with Gasteiger partial charge in [-0.25, -0.2) is 14.8 Å². The predicted molar refractivity (Wildman–Crippen MR) is 106 cm³/mol. The molecule has 2 aromatic heterocycles. The first-order chi connectivity index (χ1) is 14.0. The Hall–Kier alpha value is -3.46. The summed E-state index contributed by atoms with van der Waals surface area (Å²) in [4.78, 5) is 33.9. The lowest BCUT2D eigenvalue weighted by Gasteiger charge is -2.11. The number of rotatable bonds is 6. The van der Waals surface area contributed by atoms with Gasteiger partial charge in [0.15, 0.2) is 0 Å². The van der Waals surface area contributed by atoms with E-state index < -0.39 is 18.0 Å². The summed E-state index contributed by atoms with van der Waals surface area (Å²) in [6.45, 7) is 1.96. The van der Waals surface area contributed by atoms with Gasteiger partial charge in [-0.3, -0.25) is 4.79 Å². The molecule has 1 atom stereocenters. The fourth-order valence-corrected chi connectivity index (χ4v) is 3.80. The van der Waals surface area contributed by atoms with Crippen LogP contribution in [0.4, 0.5) is 5.95 Å². The first kappa shape index (κ1) is 18.9. The van der Waals surface area contributed by atoms with Crippen molar-refractivity contribution in [3.05, 3.63) is 64.6 Å². The number of nitrogen functional groups attached to an aromatic ring is 1. The summed E-state index contributed by atoms with van der Waals surface area (Å²) < 4.78 is 16.2. The molecule has 4 rings (SSSR count). The normalized spacial score (nSPS) is 15.5. The molecule has 0 fully saturated rings. The Morgan fingerprint density at radius 2 is 2.03 bits per heavy atom. The summed E-state index contributed by atoms with van der Waals surface area (Å²) in [7, 11) is 0. The molecule has 0 spiro atoms. The SMILES string of the molecule is CCOC(=O)c1cc2c(C(=O)C3=COC(Cc4ccccc4)O3)nc(N)nc2s1. The Balaban J connectivity index is 1.57. The minimum absolute atomic E-state index is 0.0224. The quantitative estimate of drug-likeness (QED) is 0.486. The number of thiophene rings is 1. The first-order valence-electron chi connectivity index (χ1n) is 8.90. The van der Waals surface area contributed by atoms with E-state index in [1.54, 1.807) is 6.92 Å². The van der Waals surface area contributed by atoms with Crippen molar-refractivity contribution in [2.75, 3.05) is 12.3 Å². The molecule has 9 heteroatoms. The van der Waals surface area contributed by atoms with E-state index in [0.717, 1.165) is 16.9 Å². The van der Waals surface area contributed by atoms with Crippen molar-refractivity contribution < 1.29 is 23.8 Å². The van der Waals surface area contributed by atoms with E-state index in [-0.39, 0.29) is 24.0 Å². The minimum atomic E-state index is -0.608. The van der Waals surface area contributed by atoms with E-state index in [0.29, 0.717) is 21.5 Å². The van der Waals surface area contributed by atoms with Gasteiger partial charge >= 0.3 is 5.97 Å². The van der Waals surface area contributed by atoms with Gasteiger partial charge in [-0.15, -0.1) is 11.3 Å². The molecule has 0 radical (unpaired) electrons. The highest BCUT2D eigenvalue weighted by Crippen LogP contribution is 2.30. The van der Waals surface area contributed by atoms with Crippen molar-refractivity contribution in [3.63, 3.8) is 0 Å². The lowest BCUT2D eigenvalue weighted by molar-refractivity contribution is -0.0288. The summed E-state index contributed by atoms with van der Waals surface area (Å²) >= 11 is 1.09. The number of esters is 1. The molecule has 0 aliphatic carbocycles. The Morgan fingerprint density at radius 3 is 2.79 bits per heavy atom. The maximum absolute atomic E-state index is 13.0. The zero-order valence-corrected chi connectivity index (χ0v) is 16.3. The van der Waals surface area contributed by atoms with Gasteiger partial charge in [0, 0.05) is 11.8 Å². The van der Waals surface area contributed by atoms with Crippen LogP contribution in [0.15, 0.2) is 48.4 Å². The van der Waals surface area contributed by atoms with Gasteiger partial charge in [0.25, 0.3) is 0 Å². The van der Waals surface area contributed by atoms with Gasteiger partial charge in [-0.1, -0.05) is 30.3 Å². The fraction of sp³-hybridized carbons (Fsp3) is 0.200. The number of hydrogen-bond acceptors (Lipinski definition) is 9. The lowest BCUT2D eigenvalue weighted by Crippen LogP contribution is -2.15. The maximum atomic E-state index is 13.0. The molecular formula is C20H17N3O5S. The number of aromatic nitrogens is 2. The molecule has 3 aromatic rings. The van der Waals surface area contributed by atoms with Crippen LogP contribution >= 0.6 is 11.3 Å². The molecule has 1 aliphatic rings. The molecule has 29 heavy (non-hydrogen) atoms. The van der Waals surface area contributed by atoms with Crippen molar-refractivity contribution in [2.24, 2.45) is 0 Å². The second-order valence-corrected chi connectivity index (χ2v) is 7.20. The highest BCUT2D eigenvalue weighted by molar-refractivity contribution is 7.20. The Kier molecular flexibility index (Phi) is 5.13. The van der Waals surface area contributed by atoms with E-state index >= 15 is 0 Å².